The quantitative estimate of drug-likeness (QED) is 0.214. The first-order valence-electron chi connectivity index (χ1n) is 5.11. The number of nitro benzene ring substituents is 1. The smallest absolute Gasteiger partial charge is 0.282 e. The highest BCUT2D eigenvalue weighted by Gasteiger charge is 2.21. The summed E-state index contributed by atoms with van der Waals surface area (Å²) in [4.78, 5) is 24.5. The Bertz CT molecular complexity index is 522. The van der Waals surface area contributed by atoms with Crippen LogP contribution in [0, 0.1) is 17.0 Å². The third-order valence-electron chi connectivity index (χ3n) is 2.24. The predicted molar refractivity (Wildman–Crippen MR) is 64.2 cm³/mol. The number of carbonyl (C=O) groups excluding carboxylic acids is 1. The lowest BCUT2D eigenvalue weighted by molar-refractivity contribution is -0.385. The molecule has 0 saturated heterocycles. The topological polar surface area (TPSA) is 121 Å². The third-order valence-corrected chi connectivity index (χ3v) is 2.24. The van der Waals surface area contributed by atoms with Gasteiger partial charge in [0.05, 0.1) is 4.92 Å². The maximum absolute atomic E-state index is 11.8. The minimum atomic E-state index is -0.602. The summed E-state index contributed by atoms with van der Waals surface area (Å²) in [5.74, 6) is -0.548. The van der Waals surface area contributed by atoms with Crippen molar-refractivity contribution in [2.45, 2.75) is 6.92 Å². The SMILES string of the molecule is Cc1cccc([N+](=O)[O-])c1C(=O)NCCN=[N+]=[N-]. The van der Waals surface area contributed by atoms with Crippen molar-refractivity contribution in [3.63, 3.8) is 0 Å². The molecule has 18 heavy (non-hydrogen) atoms. The molecule has 8 heteroatoms. The standard InChI is InChI=1S/C10H11N5O3/c1-7-3-2-4-8(15(17)18)9(7)10(16)12-5-6-13-14-11/h2-4H,5-6H2,1H3,(H,12,16). The summed E-state index contributed by atoms with van der Waals surface area (Å²) in [5.41, 5.74) is 8.38. The fraction of sp³-hybridized carbons (Fsp3) is 0.300. The van der Waals surface area contributed by atoms with Gasteiger partial charge in [0.15, 0.2) is 0 Å². The van der Waals surface area contributed by atoms with Gasteiger partial charge < -0.3 is 5.32 Å². The van der Waals surface area contributed by atoms with E-state index in [1.165, 1.54) is 12.1 Å². The Morgan fingerprint density at radius 1 is 1.61 bits per heavy atom. The van der Waals surface area contributed by atoms with Crippen LogP contribution in [0.25, 0.3) is 10.4 Å². The van der Waals surface area contributed by atoms with Gasteiger partial charge in [-0.25, -0.2) is 0 Å². The highest BCUT2D eigenvalue weighted by molar-refractivity contribution is 5.99. The summed E-state index contributed by atoms with van der Waals surface area (Å²) in [6.45, 7) is 1.85. The van der Waals surface area contributed by atoms with E-state index in [9.17, 15) is 14.9 Å². The summed E-state index contributed by atoms with van der Waals surface area (Å²) in [6, 6.07) is 4.41. The van der Waals surface area contributed by atoms with Gasteiger partial charge in [-0.2, -0.15) is 0 Å². The van der Waals surface area contributed by atoms with Crippen LogP contribution in [-0.4, -0.2) is 23.9 Å². The van der Waals surface area contributed by atoms with Crippen LogP contribution < -0.4 is 5.32 Å². The highest BCUT2D eigenvalue weighted by atomic mass is 16.6. The molecule has 0 atom stereocenters. The first-order valence-corrected chi connectivity index (χ1v) is 5.11. The average molecular weight is 249 g/mol. The van der Waals surface area contributed by atoms with Gasteiger partial charge in [0.1, 0.15) is 5.56 Å². The van der Waals surface area contributed by atoms with Gasteiger partial charge in [-0.3, -0.25) is 14.9 Å². The highest BCUT2D eigenvalue weighted by Crippen LogP contribution is 2.21. The Morgan fingerprint density at radius 3 is 2.94 bits per heavy atom. The van der Waals surface area contributed by atoms with E-state index < -0.39 is 10.8 Å². The van der Waals surface area contributed by atoms with Gasteiger partial charge in [-0.05, 0) is 18.0 Å². The fourth-order valence-electron chi connectivity index (χ4n) is 1.45. The van der Waals surface area contributed by atoms with Gasteiger partial charge in [-0.1, -0.05) is 17.2 Å². The Kier molecular flexibility index (Phi) is 4.65. The van der Waals surface area contributed by atoms with Crippen molar-refractivity contribution >= 4 is 11.6 Å². The number of hydrogen-bond acceptors (Lipinski definition) is 4. The number of nitro groups is 1. The number of amides is 1. The van der Waals surface area contributed by atoms with Gasteiger partial charge >= 0.3 is 0 Å². The number of aryl methyl sites for hydroxylation is 1. The second kappa shape index (κ2) is 6.21. The lowest BCUT2D eigenvalue weighted by atomic mass is 10.1. The molecule has 94 valence electrons. The van der Waals surface area contributed by atoms with Crippen LogP contribution in [0.15, 0.2) is 23.3 Å². The van der Waals surface area contributed by atoms with Gasteiger partial charge in [0.25, 0.3) is 11.6 Å². The second-order valence-electron chi connectivity index (χ2n) is 3.44. The van der Waals surface area contributed by atoms with Crippen molar-refractivity contribution in [1.29, 1.82) is 0 Å². The zero-order valence-electron chi connectivity index (χ0n) is 9.66. The fourth-order valence-corrected chi connectivity index (χ4v) is 1.45. The molecule has 1 rings (SSSR count). The first kappa shape index (κ1) is 13.5. The van der Waals surface area contributed by atoms with Crippen molar-refractivity contribution in [3.05, 3.63) is 49.9 Å². The predicted octanol–water partition coefficient (Wildman–Crippen LogP) is 1.94. The van der Waals surface area contributed by atoms with E-state index in [2.05, 4.69) is 15.3 Å². The summed E-state index contributed by atoms with van der Waals surface area (Å²) < 4.78 is 0. The number of rotatable bonds is 5. The molecule has 0 radical (unpaired) electrons. The molecule has 1 aromatic carbocycles. The van der Waals surface area contributed by atoms with Crippen LogP contribution in [0.4, 0.5) is 5.69 Å². The largest absolute Gasteiger partial charge is 0.352 e. The molecule has 8 nitrogen and oxygen atoms in total. The number of hydrogen-bond donors (Lipinski definition) is 1. The summed E-state index contributed by atoms with van der Waals surface area (Å²) in [6.07, 6.45) is 0. The first-order chi connectivity index (χ1) is 8.57. The van der Waals surface area contributed by atoms with E-state index >= 15 is 0 Å². The average Bonchev–Trinajstić information content (AvgIpc) is 2.34. The Morgan fingerprint density at radius 2 is 2.33 bits per heavy atom. The zero-order valence-corrected chi connectivity index (χ0v) is 9.66. The molecule has 0 aromatic heterocycles. The number of nitrogens with one attached hydrogen (secondary N) is 1. The number of azide groups is 1. The molecule has 0 heterocycles. The molecular weight excluding hydrogens is 238 g/mol. The molecule has 0 spiro atoms. The third kappa shape index (κ3) is 3.19. The van der Waals surface area contributed by atoms with Crippen LogP contribution >= 0.6 is 0 Å². The normalized spacial score (nSPS) is 9.39. The molecule has 1 amide bonds. The monoisotopic (exact) mass is 249 g/mol. The molecule has 1 aromatic rings. The minimum Gasteiger partial charge on any atom is -0.352 e. The van der Waals surface area contributed by atoms with Crippen LogP contribution in [-0.2, 0) is 0 Å². The van der Waals surface area contributed by atoms with Crippen molar-refractivity contribution in [2.75, 3.05) is 13.1 Å². The van der Waals surface area contributed by atoms with Gasteiger partial charge in [0, 0.05) is 24.1 Å². The molecular formula is C10H11N5O3. The molecule has 0 fully saturated rings. The number of carbonyl (C=O) groups is 1. The van der Waals surface area contributed by atoms with Crippen molar-refractivity contribution in [3.8, 4) is 0 Å². The van der Waals surface area contributed by atoms with Crippen molar-refractivity contribution < 1.29 is 9.72 Å². The minimum absolute atomic E-state index is 0.0310. The zero-order chi connectivity index (χ0) is 13.5. The van der Waals surface area contributed by atoms with Crippen LogP contribution in [0.3, 0.4) is 0 Å². The molecule has 0 bridgehead atoms. The second-order valence-corrected chi connectivity index (χ2v) is 3.44. The van der Waals surface area contributed by atoms with Crippen LogP contribution in [0.2, 0.25) is 0 Å². The molecule has 0 aliphatic rings. The molecule has 0 unspecified atom stereocenters. The van der Waals surface area contributed by atoms with E-state index in [-0.39, 0.29) is 24.3 Å². The van der Waals surface area contributed by atoms with Crippen molar-refractivity contribution in [1.82, 2.24) is 5.32 Å². The lowest BCUT2D eigenvalue weighted by Crippen LogP contribution is -2.27. The maximum atomic E-state index is 11.8. The van der Waals surface area contributed by atoms with E-state index in [4.69, 9.17) is 5.53 Å². The van der Waals surface area contributed by atoms with E-state index in [0.29, 0.717) is 5.56 Å². The maximum Gasteiger partial charge on any atom is 0.282 e. The van der Waals surface area contributed by atoms with Gasteiger partial charge in [0.2, 0.25) is 0 Å². The Balaban J connectivity index is 2.90. The number of nitrogens with zero attached hydrogens (tertiary/aromatic N) is 4. The molecule has 0 aliphatic heterocycles. The lowest BCUT2D eigenvalue weighted by Gasteiger charge is -2.06. The molecule has 0 aliphatic carbocycles. The molecule has 0 saturated carbocycles. The van der Waals surface area contributed by atoms with Crippen LogP contribution in [0.1, 0.15) is 15.9 Å². The van der Waals surface area contributed by atoms with Gasteiger partial charge in [-0.15, -0.1) is 0 Å². The number of benzene rings is 1. The Labute approximate surface area is 102 Å². The van der Waals surface area contributed by atoms with E-state index in [0.717, 1.165) is 0 Å². The van der Waals surface area contributed by atoms with Crippen molar-refractivity contribution in [2.24, 2.45) is 5.11 Å². The summed E-state index contributed by atoms with van der Waals surface area (Å²) >= 11 is 0. The summed E-state index contributed by atoms with van der Waals surface area (Å²) in [5, 5.41) is 16.5. The van der Waals surface area contributed by atoms with Crippen LogP contribution in [0.5, 0.6) is 0 Å². The van der Waals surface area contributed by atoms with E-state index in [1.54, 1.807) is 13.0 Å². The molecule has 1 N–H and O–H groups in total. The summed E-state index contributed by atoms with van der Waals surface area (Å²) in [7, 11) is 0. The van der Waals surface area contributed by atoms with E-state index in [1.807, 2.05) is 0 Å². The Hall–Kier alpha value is -2.60.